The van der Waals surface area contributed by atoms with Gasteiger partial charge in [-0.3, -0.25) is 9.69 Å². The first-order valence-electron chi connectivity index (χ1n) is 8.54. The van der Waals surface area contributed by atoms with Crippen molar-refractivity contribution in [2.24, 2.45) is 4.99 Å². The molecule has 144 valence electrons. The summed E-state index contributed by atoms with van der Waals surface area (Å²) in [5, 5.41) is 0.987. The van der Waals surface area contributed by atoms with E-state index in [0.717, 1.165) is 20.2 Å². The van der Waals surface area contributed by atoms with Crippen LogP contribution >= 0.6 is 55.1 Å². The Morgan fingerprint density at radius 2 is 1.66 bits per heavy atom. The number of hydrogen-bond acceptors (Lipinski definition) is 2. The van der Waals surface area contributed by atoms with E-state index in [1.54, 1.807) is 29.2 Å². The van der Waals surface area contributed by atoms with Gasteiger partial charge in [0.25, 0.3) is 5.91 Å². The molecule has 0 fully saturated rings. The number of anilines is 1. The minimum Gasteiger partial charge on any atom is -0.266 e. The van der Waals surface area contributed by atoms with E-state index in [-0.39, 0.29) is 5.91 Å². The summed E-state index contributed by atoms with van der Waals surface area (Å²) in [6.45, 7) is 0. The van der Waals surface area contributed by atoms with Crippen LogP contribution in [0.25, 0.3) is 6.08 Å². The van der Waals surface area contributed by atoms with Gasteiger partial charge in [-0.2, -0.15) is 0 Å². The SMILES string of the molecule is O=C1/C(=C\c2ccc(Cl)cc2Cl)N=C(c2ccccc2Br)N1c1ccc(Br)cc1. The Labute approximate surface area is 194 Å². The highest BCUT2D eigenvalue weighted by Gasteiger charge is 2.33. The normalized spacial score (nSPS) is 15.2. The first kappa shape index (κ1) is 20.4. The fourth-order valence-electron chi connectivity index (χ4n) is 2.94. The second-order valence-electron chi connectivity index (χ2n) is 6.23. The number of carbonyl (C=O) groups is 1. The van der Waals surface area contributed by atoms with E-state index in [1.165, 1.54) is 0 Å². The average molecular weight is 551 g/mol. The summed E-state index contributed by atoms with van der Waals surface area (Å²) in [6, 6.07) is 20.3. The molecule has 0 saturated carbocycles. The van der Waals surface area contributed by atoms with Crippen LogP contribution in [-0.4, -0.2) is 11.7 Å². The predicted molar refractivity (Wildman–Crippen MR) is 127 cm³/mol. The van der Waals surface area contributed by atoms with Gasteiger partial charge in [0, 0.05) is 24.6 Å². The van der Waals surface area contributed by atoms with Crippen LogP contribution in [0.15, 0.2) is 86.4 Å². The predicted octanol–water partition coefficient (Wildman–Crippen LogP) is 7.35. The van der Waals surface area contributed by atoms with E-state index in [4.69, 9.17) is 23.2 Å². The molecule has 3 aromatic carbocycles. The molecule has 0 spiro atoms. The lowest BCUT2D eigenvalue weighted by atomic mass is 10.1. The molecule has 0 N–H and O–H groups in total. The van der Waals surface area contributed by atoms with Gasteiger partial charge in [-0.05, 0) is 54.1 Å². The third-order valence-corrected chi connectivity index (χ3v) is 6.10. The van der Waals surface area contributed by atoms with Crippen LogP contribution in [0.3, 0.4) is 0 Å². The van der Waals surface area contributed by atoms with Crippen molar-refractivity contribution < 1.29 is 4.79 Å². The molecule has 0 bridgehead atoms. The van der Waals surface area contributed by atoms with Gasteiger partial charge >= 0.3 is 0 Å². The van der Waals surface area contributed by atoms with Crippen molar-refractivity contribution in [3.63, 3.8) is 0 Å². The van der Waals surface area contributed by atoms with Gasteiger partial charge in [-0.1, -0.05) is 79.3 Å². The van der Waals surface area contributed by atoms with Crippen LogP contribution < -0.4 is 4.90 Å². The Balaban J connectivity index is 1.86. The molecule has 4 rings (SSSR count). The molecule has 0 aliphatic carbocycles. The number of aliphatic imine (C=N–C) groups is 1. The molecule has 1 aliphatic heterocycles. The lowest BCUT2D eigenvalue weighted by Gasteiger charge is -2.19. The third-order valence-electron chi connectivity index (χ3n) is 4.31. The van der Waals surface area contributed by atoms with E-state index in [2.05, 4.69) is 36.9 Å². The Morgan fingerprint density at radius 1 is 0.931 bits per heavy atom. The number of nitrogens with zero attached hydrogens (tertiary/aromatic N) is 2. The van der Waals surface area contributed by atoms with Crippen molar-refractivity contribution >= 4 is 78.6 Å². The molecule has 1 aliphatic rings. The smallest absolute Gasteiger partial charge is 0.266 e. The van der Waals surface area contributed by atoms with Crippen molar-refractivity contribution in [1.29, 1.82) is 0 Å². The van der Waals surface area contributed by atoms with E-state index in [1.807, 2.05) is 48.5 Å². The van der Waals surface area contributed by atoms with Crippen LogP contribution in [-0.2, 0) is 4.79 Å². The second kappa shape index (κ2) is 8.44. The number of rotatable bonds is 3. The minimum atomic E-state index is -0.232. The number of benzene rings is 3. The number of amides is 1. The number of amidine groups is 1. The quantitative estimate of drug-likeness (QED) is 0.314. The number of halogens is 4. The van der Waals surface area contributed by atoms with Crippen molar-refractivity contribution in [1.82, 2.24) is 0 Å². The fourth-order valence-corrected chi connectivity index (χ4v) is 4.12. The molecule has 3 aromatic rings. The molecular formula is C22H12Br2Cl2N2O. The molecule has 1 amide bonds. The highest BCUT2D eigenvalue weighted by atomic mass is 79.9. The lowest BCUT2D eigenvalue weighted by molar-refractivity contribution is -0.113. The Kier molecular flexibility index (Phi) is 5.93. The third kappa shape index (κ3) is 4.19. The minimum absolute atomic E-state index is 0.232. The maximum Gasteiger partial charge on any atom is 0.282 e. The first-order valence-corrected chi connectivity index (χ1v) is 10.9. The average Bonchev–Trinajstić information content (AvgIpc) is 3.01. The fraction of sp³-hybridized carbons (Fsp3) is 0. The summed E-state index contributed by atoms with van der Waals surface area (Å²) >= 11 is 19.3. The maximum absolute atomic E-state index is 13.3. The molecule has 0 aromatic heterocycles. The summed E-state index contributed by atoms with van der Waals surface area (Å²) in [6.07, 6.45) is 1.68. The molecular weight excluding hydrogens is 539 g/mol. The van der Waals surface area contributed by atoms with Crippen LogP contribution in [0.2, 0.25) is 10.0 Å². The Bertz CT molecular complexity index is 1170. The van der Waals surface area contributed by atoms with Crippen molar-refractivity contribution in [3.05, 3.63) is 103 Å². The van der Waals surface area contributed by atoms with Gasteiger partial charge in [-0.15, -0.1) is 0 Å². The molecule has 3 nitrogen and oxygen atoms in total. The van der Waals surface area contributed by atoms with Crippen LogP contribution in [0.5, 0.6) is 0 Å². The Hall–Kier alpha value is -1.92. The van der Waals surface area contributed by atoms with Crippen molar-refractivity contribution in [2.45, 2.75) is 0 Å². The van der Waals surface area contributed by atoms with Crippen molar-refractivity contribution in [2.75, 3.05) is 4.90 Å². The molecule has 1 heterocycles. The summed E-state index contributed by atoms with van der Waals surface area (Å²) in [7, 11) is 0. The second-order valence-corrected chi connectivity index (χ2v) is 8.84. The van der Waals surface area contributed by atoms with E-state index in [0.29, 0.717) is 27.1 Å². The highest BCUT2D eigenvalue weighted by molar-refractivity contribution is 9.10. The maximum atomic E-state index is 13.3. The van der Waals surface area contributed by atoms with Gasteiger partial charge < -0.3 is 0 Å². The summed E-state index contributed by atoms with van der Waals surface area (Å²) < 4.78 is 1.77. The molecule has 0 atom stereocenters. The zero-order chi connectivity index (χ0) is 20.5. The standard InChI is InChI=1S/C22H12Br2Cl2N2O/c23-14-6-9-16(10-7-14)28-21(17-3-1-2-4-18(17)24)27-20(22(28)29)11-13-5-8-15(25)12-19(13)26/h1-12H/b20-11+. The van der Waals surface area contributed by atoms with Crippen molar-refractivity contribution in [3.8, 4) is 0 Å². The lowest BCUT2D eigenvalue weighted by Crippen LogP contribution is -2.32. The zero-order valence-corrected chi connectivity index (χ0v) is 19.4. The van der Waals surface area contributed by atoms with Gasteiger partial charge in [0.2, 0.25) is 0 Å². The topological polar surface area (TPSA) is 32.7 Å². The number of hydrogen-bond donors (Lipinski definition) is 0. The molecule has 7 heteroatoms. The summed E-state index contributed by atoms with van der Waals surface area (Å²) in [4.78, 5) is 19.6. The van der Waals surface area contributed by atoms with Gasteiger partial charge in [0.1, 0.15) is 11.5 Å². The zero-order valence-electron chi connectivity index (χ0n) is 14.7. The number of carbonyl (C=O) groups excluding carboxylic acids is 1. The molecule has 0 unspecified atom stereocenters. The van der Waals surface area contributed by atoms with E-state index < -0.39 is 0 Å². The first-order chi connectivity index (χ1) is 13.9. The molecule has 29 heavy (non-hydrogen) atoms. The molecule has 0 radical (unpaired) electrons. The molecule has 0 saturated heterocycles. The summed E-state index contributed by atoms with van der Waals surface area (Å²) in [5.74, 6) is 0.310. The van der Waals surface area contributed by atoms with Crippen LogP contribution in [0.4, 0.5) is 5.69 Å². The van der Waals surface area contributed by atoms with Gasteiger partial charge in [-0.25, -0.2) is 4.99 Å². The van der Waals surface area contributed by atoms with Crippen LogP contribution in [0.1, 0.15) is 11.1 Å². The van der Waals surface area contributed by atoms with Crippen LogP contribution in [0, 0.1) is 0 Å². The van der Waals surface area contributed by atoms with E-state index >= 15 is 0 Å². The monoisotopic (exact) mass is 548 g/mol. The highest BCUT2D eigenvalue weighted by Crippen LogP contribution is 2.32. The van der Waals surface area contributed by atoms with E-state index in [9.17, 15) is 4.79 Å². The van der Waals surface area contributed by atoms with Gasteiger partial charge in [0.15, 0.2) is 0 Å². The Morgan fingerprint density at radius 3 is 2.34 bits per heavy atom. The van der Waals surface area contributed by atoms with Gasteiger partial charge in [0.05, 0.1) is 5.69 Å². The largest absolute Gasteiger partial charge is 0.282 e. The summed E-state index contributed by atoms with van der Waals surface area (Å²) in [5.41, 5.74) is 2.50.